The lowest BCUT2D eigenvalue weighted by molar-refractivity contribution is 0.415. The Balaban J connectivity index is 1.71. The van der Waals surface area contributed by atoms with Crippen molar-refractivity contribution in [3.05, 3.63) is 96.6 Å². The molecule has 2 aromatic heterocycles. The number of hydrogen-bond donors (Lipinski definition) is 1. The number of nitrogens with one attached hydrogen (secondary N) is 1. The number of nitrogens with zero attached hydrogens (tertiary/aromatic N) is 2. The van der Waals surface area contributed by atoms with E-state index in [9.17, 15) is 4.79 Å². The quantitative estimate of drug-likeness (QED) is 0.243. The third-order valence-electron chi connectivity index (χ3n) is 5.27. The van der Waals surface area contributed by atoms with Gasteiger partial charge in [-0.1, -0.05) is 15.9 Å². The first-order valence-electron chi connectivity index (χ1n) is 9.85. The van der Waals surface area contributed by atoms with E-state index in [1.54, 1.807) is 11.7 Å². The molecule has 0 fully saturated rings. The van der Waals surface area contributed by atoms with Gasteiger partial charge < -0.3 is 9.72 Å². The summed E-state index contributed by atoms with van der Waals surface area (Å²) in [5, 5.41) is 1.63. The van der Waals surface area contributed by atoms with Crippen LogP contribution >= 0.6 is 38.5 Å². The highest BCUT2D eigenvalue weighted by atomic mass is 127. The zero-order chi connectivity index (χ0) is 22.2. The first-order valence-corrected chi connectivity index (χ1v) is 11.7. The summed E-state index contributed by atoms with van der Waals surface area (Å²) in [5.41, 5.74) is 3.32. The second kappa shape index (κ2) is 8.55. The van der Waals surface area contributed by atoms with Gasteiger partial charge in [-0.3, -0.25) is 9.36 Å². The SMILES string of the molecule is COc1ccc2[nH]cc(C=Cc3nc4ccc(I)cc4c(=O)n3-c3ccc(Br)cc3)c2c1. The van der Waals surface area contributed by atoms with Crippen LogP contribution in [0.5, 0.6) is 5.75 Å². The van der Waals surface area contributed by atoms with Gasteiger partial charge in [0, 0.05) is 30.7 Å². The van der Waals surface area contributed by atoms with Crippen LogP contribution in [-0.4, -0.2) is 21.6 Å². The first kappa shape index (κ1) is 21.0. The van der Waals surface area contributed by atoms with Crippen molar-refractivity contribution in [2.45, 2.75) is 0 Å². The van der Waals surface area contributed by atoms with Crippen molar-refractivity contribution in [3.8, 4) is 11.4 Å². The third-order valence-corrected chi connectivity index (χ3v) is 6.47. The van der Waals surface area contributed by atoms with E-state index in [4.69, 9.17) is 9.72 Å². The molecule has 3 aromatic carbocycles. The van der Waals surface area contributed by atoms with Gasteiger partial charge in [0.25, 0.3) is 5.56 Å². The molecule has 32 heavy (non-hydrogen) atoms. The maximum atomic E-state index is 13.5. The number of H-pyrrole nitrogens is 1. The van der Waals surface area contributed by atoms with E-state index < -0.39 is 0 Å². The molecule has 0 unspecified atom stereocenters. The van der Waals surface area contributed by atoms with Crippen molar-refractivity contribution in [1.82, 2.24) is 14.5 Å². The molecule has 0 radical (unpaired) electrons. The first-order chi connectivity index (χ1) is 15.5. The number of aromatic amines is 1. The lowest BCUT2D eigenvalue weighted by Crippen LogP contribution is -2.22. The van der Waals surface area contributed by atoms with Crippen molar-refractivity contribution in [1.29, 1.82) is 0 Å². The minimum atomic E-state index is -0.101. The standard InChI is InChI=1S/C25H17BrIN3O2/c1-32-19-8-10-22-20(13-19)15(14-28-22)2-11-24-29-23-9-5-17(27)12-21(23)25(31)30(24)18-6-3-16(26)4-7-18/h2-14,28H,1H3. The zero-order valence-corrected chi connectivity index (χ0v) is 20.7. The number of hydrogen-bond acceptors (Lipinski definition) is 3. The van der Waals surface area contributed by atoms with Gasteiger partial charge in [0.2, 0.25) is 0 Å². The normalized spacial score (nSPS) is 11.6. The smallest absolute Gasteiger partial charge is 0.266 e. The van der Waals surface area contributed by atoms with Crippen molar-refractivity contribution >= 4 is 72.5 Å². The van der Waals surface area contributed by atoms with Crippen LogP contribution in [0.1, 0.15) is 11.4 Å². The van der Waals surface area contributed by atoms with E-state index >= 15 is 0 Å². The largest absolute Gasteiger partial charge is 0.497 e. The number of aromatic nitrogens is 3. The lowest BCUT2D eigenvalue weighted by atomic mass is 10.1. The Hall–Kier alpha value is -2.91. The Labute approximate surface area is 206 Å². The van der Waals surface area contributed by atoms with Gasteiger partial charge in [0.15, 0.2) is 0 Å². The van der Waals surface area contributed by atoms with Crippen molar-refractivity contribution in [2.24, 2.45) is 0 Å². The molecule has 0 amide bonds. The number of rotatable bonds is 4. The van der Waals surface area contributed by atoms with E-state index in [0.717, 1.165) is 35.9 Å². The van der Waals surface area contributed by atoms with Gasteiger partial charge in [-0.15, -0.1) is 0 Å². The topological polar surface area (TPSA) is 59.9 Å². The predicted octanol–water partition coefficient (Wildman–Crippen LogP) is 6.41. The van der Waals surface area contributed by atoms with E-state index in [-0.39, 0.29) is 5.56 Å². The number of fused-ring (bicyclic) bond motifs is 2. The molecule has 5 nitrogen and oxygen atoms in total. The molecule has 1 N–H and O–H groups in total. The molecule has 5 rings (SSSR count). The average Bonchev–Trinajstić information content (AvgIpc) is 3.21. The minimum Gasteiger partial charge on any atom is -0.497 e. The molecule has 7 heteroatoms. The average molecular weight is 598 g/mol. The fourth-order valence-electron chi connectivity index (χ4n) is 3.68. The molecule has 2 heterocycles. The molecule has 158 valence electrons. The Morgan fingerprint density at radius 1 is 1.03 bits per heavy atom. The van der Waals surface area contributed by atoms with E-state index in [1.165, 1.54) is 0 Å². The summed E-state index contributed by atoms with van der Waals surface area (Å²) in [7, 11) is 1.65. The van der Waals surface area contributed by atoms with Crippen molar-refractivity contribution < 1.29 is 4.74 Å². The second-order valence-electron chi connectivity index (χ2n) is 7.24. The van der Waals surface area contributed by atoms with Crippen LogP contribution in [0.4, 0.5) is 0 Å². The molecule has 5 aromatic rings. The molecule has 0 aliphatic heterocycles. The van der Waals surface area contributed by atoms with Crippen LogP contribution in [0.3, 0.4) is 0 Å². The molecule has 0 atom stereocenters. The van der Waals surface area contributed by atoms with Crippen LogP contribution < -0.4 is 10.3 Å². The van der Waals surface area contributed by atoms with Gasteiger partial charge in [0.05, 0.1) is 23.7 Å². The Kier molecular flexibility index (Phi) is 5.60. The van der Waals surface area contributed by atoms with Gasteiger partial charge in [-0.05, 0) is 95.4 Å². The summed E-state index contributed by atoms with van der Waals surface area (Å²) in [6, 6.07) is 19.3. The van der Waals surface area contributed by atoms with Crippen LogP contribution in [0.15, 0.2) is 76.1 Å². The Morgan fingerprint density at radius 3 is 2.62 bits per heavy atom. The van der Waals surface area contributed by atoms with E-state index in [1.807, 2.05) is 79.0 Å². The summed E-state index contributed by atoms with van der Waals surface area (Å²) in [6.07, 6.45) is 5.78. The number of methoxy groups -OCH3 is 1. The van der Waals surface area contributed by atoms with Crippen molar-refractivity contribution in [2.75, 3.05) is 7.11 Å². The zero-order valence-electron chi connectivity index (χ0n) is 17.0. The highest BCUT2D eigenvalue weighted by Gasteiger charge is 2.12. The highest BCUT2D eigenvalue weighted by molar-refractivity contribution is 14.1. The lowest BCUT2D eigenvalue weighted by Gasteiger charge is -2.12. The maximum Gasteiger partial charge on any atom is 0.266 e. The third kappa shape index (κ3) is 3.86. The predicted molar refractivity (Wildman–Crippen MR) is 142 cm³/mol. The van der Waals surface area contributed by atoms with Gasteiger partial charge in [-0.2, -0.15) is 0 Å². The number of benzene rings is 3. The second-order valence-corrected chi connectivity index (χ2v) is 9.40. The molecule has 0 saturated heterocycles. The monoisotopic (exact) mass is 597 g/mol. The highest BCUT2D eigenvalue weighted by Crippen LogP contribution is 2.25. The van der Waals surface area contributed by atoms with Gasteiger partial charge in [0.1, 0.15) is 11.6 Å². The maximum absolute atomic E-state index is 13.5. The molecule has 0 spiro atoms. The fraction of sp³-hybridized carbons (Fsp3) is 0.0400. The summed E-state index contributed by atoms with van der Waals surface area (Å²) >= 11 is 5.68. The Bertz CT molecular complexity index is 1550. The molecule has 0 saturated carbocycles. The number of ether oxygens (including phenoxy) is 1. The Morgan fingerprint density at radius 2 is 1.84 bits per heavy atom. The summed E-state index contributed by atoms with van der Waals surface area (Å²) in [6.45, 7) is 0. The minimum absolute atomic E-state index is 0.101. The molecular formula is C25H17BrIN3O2. The van der Waals surface area contributed by atoms with Gasteiger partial charge >= 0.3 is 0 Å². The van der Waals surface area contributed by atoms with E-state index in [2.05, 4.69) is 43.5 Å². The van der Waals surface area contributed by atoms with Crippen LogP contribution in [-0.2, 0) is 0 Å². The summed E-state index contributed by atoms with van der Waals surface area (Å²) in [5.74, 6) is 1.35. The summed E-state index contributed by atoms with van der Waals surface area (Å²) in [4.78, 5) is 21.6. The number of halogens is 2. The van der Waals surface area contributed by atoms with Crippen LogP contribution in [0.25, 0.3) is 39.6 Å². The molecule has 0 bridgehead atoms. The van der Waals surface area contributed by atoms with E-state index in [0.29, 0.717) is 16.7 Å². The molecule has 0 aliphatic carbocycles. The fourth-order valence-corrected chi connectivity index (χ4v) is 4.43. The molecular weight excluding hydrogens is 581 g/mol. The summed E-state index contributed by atoms with van der Waals surface area (Å²) < 4.78 is 8.96. The molecule has 0 aliphatic rings. The van der Waals surface area contributed by atoms with Crippen LogP contribution in [0, 0.1) is 3.57 Å². The van der Waals surface area contributed by atoms with Gasteiger partial charge in [-0.25, -0.2) is 4.98 Å². The van der Waals surface area contributed by atoms with Crippen LogP contribution in [0.2, 0.25) is 0 Å². The van der Waals surface area contributed by atoms with Crippen molar-refractivity contribution in [3.63, 3.8) is 0 Å².